The summed E-state index contributed by atoms with van der Waals surface area (Å²) in [5, 5.41) is 3.22. The summed E-state index contributed by atoms with van der Waals surface area (Å²) < 4.78 is 13.2. The van der Waals surface area contributed by atoms with Crippen molar-refractivity contribution in [3.8, 4) is 0 Å². The number of carbonyl (C=O) groups excluding carboxylic acids is 1. The van der Waals surface area contributed by atoms with Crippen molar-refractivity contribution in [2.75, 3.05) is 18.0 Å². The van der Waals surface area contributed by atoms with Crippen LogP contribution in [0, 0.1) is 11.7 Å². The van der Waals surface area contributed by atoms with Crippen LogP contribution in [0.4, 0.5) is 10.1 Å². The van der Waals surface area contributed by atoms with Crippen LogP contribution in [0.25, 0.3) is 0 Å². The number of rotatable bonds is 3. The Bertz CT molecular complexity index is 436. The molecule has 18 heavy (non-hydrogen) atoms. The highest BCUT2D eigenvalue weighted by Gasteiger charge is 2.32. The van der Waals surface area contributed by atoms with Crippen LogP contribution in [-0.2, 0) is 4.79 Å². The molecule has 2 unspecified atom stereocenters. The van der Waals surface area contributed by atoms with Gasteiger partial charge in [0.25, 0.3) is 0 Å². The topological polar surface area (TPSA) is 32.3 Å². The first-order chi connectivity index (χ1) is 8.63. The van der Waals surface area contributed by atoms with Crippen LogP contribution in [0.15, 0.2) is 24.3 Å². The standard InChI is InChI=1S/C14H19FN2O/c1-3-17(12-6-4-5-11(15)9-12)14(18)13-10(2)7-8-16-13/h4-6,9-10,13,16H,3,7-8H2,1-2H3. The molecule has 1 heterocycles. The number of nitrogens with one attached hydrogen (secondary N) is 1. The van der Waals surface area contributed by atoms with E-state index in [1.54, 1.807) is 17.0 Å². The van der Waals surface area contributed by atoms with E-state index in [2.05, 4.69) is 12.2 Å². The van der Waals surface area contributed by atoms with Crippen LogP contribution in [0.1, 0.15) is 20.3 Å². The van der Waals surface area contributed by atoms with Gasteiger partial charge in [-0.3, -0.25) is 4.79 Å². The van der Waals surface area contributed by atoms with Gasteiger partial charge in [-0.2, -0.15) is 0 Å². The molecule has 0 spiro atoms. The van der Waals surface area contributed by atoms with Crippen LogP contribution >= 0.6 is 0 Å². The Kier molecular flexibility index (Phi) is 3.97. The molecule has 2 rings (SSSR count). The van der Waals surface area contributed by atoms with E-state index in [0.29, 0.717) is 18.2 Å². The maximum absolute atomic E-state index is 13.2. The fraction of sp³-hybridized carbons (Fsp3) is 0.500. The van der Waals surface area contributed by atoms with Gasteiger partial charge in [-0.05, 0) is 44.0 Å². The van der Waals surface area contributed by atoms with Gasteiger partial charge in [-0.15, -0.1) is 0 Å². The molecule has 0 saturated carbocycles. The SMILES string of the molecule is CCN(C(=O)C1NCCC1C)c1cccc(F)c1. The van der Waals surface area contributed by atoms with Crippen LogP contribution in [-0.4, -0.2) is 25.0 Å². The van der Waals surface area contributed by atoms with Crippen LogP contribution in [0.3, 0.4) is 0 Å². The summed E-state index contributed by atoms with van der Waals surface area (Å²) in [4.78, 5) is 14.1. The minimum absolute atomic E-state index is 0.0353. The lowest BCUT2D eigenvalue weighted by molar-refractivity contribution is -0.121. The minimum atomic E-state index is -0.314. The van der Waals surface area contributed by atoms with E-state index < -0.39 is 0 Å². The third kappa shape index (κ3) is 2.53. The maximum atomic E-state index is 13.2. The summed E-state index contributed by atoms with van der Waals surface area (Å²) in [5.41, 5.74) is 0.628. The molecule has 1 aliphatic heterocycles. The highest BCUT2D eigenvalue weighted by Crippen LogP contribution is 2.21. The van der Waals surface area contributed by atoms with Crippen LogP contribution in [0.2, 0.25) is 0 Å². The third-order valence-corrected chi connectivity index (χ3v) is 3.50. The molecule has 1 N–H and O–H groups in total. The Morgan fingerprint density at radius 1 is 1.56 bits per heavy atom. The number of likely N-dealkylation sites (N-methyl/N-ethyl adjacent to an activating group) is 1. The lowest BCUT2D eigenvalue weighted by Crippen LogP contribution is -2.46. The van der Waals surface area contributed by atoms with E-state index in [1.807, 2.05) is 6.92 Å². The van der Waals surface area contributed by atoms with Gasteiger partial charge in [-0.1, -0.05) is 13.0 Å². The van der Waals surface area contributed by atoms with Crippen LogP contribution in [0.5, 0.6) is 0 Å². The monoisotopic (exact) mass is 250 g/mol. The van der Waals surface area contributed by atoms with Gasteiger partial charge in [0, 0.05) is 12.2 Å². The van der Waals surface area contributed by atoms with Crippen molar-refractivity contribution in [1.82, 2.24) is 5.32 Å². The summed E-state index contributed by atoms with van der Waals surface area (Å²) in [6.45, 7) is 5.40. The zero-order chi connectivity index (χ0) is 13.1. The first-order valence-corrected chi connectivity index (χ1v) is 6.43. The second-order valence-corrected chi connectivity index (χ2v) is 4.76. The molecule has 3 nitrogen and oxygen atoms in total. The average molecular weight is 250 g/mol. The normalized spacial score (nSPS) is 23.1. The van der Waals surface area contributed by atoms with E-state index >= 15 is 0 Å². The molecule has 1 amide bonds. The van der Waals surface area contributed by atoms with Gasteiger partial charge in [0.2, 0.25) is 5.91 Å². The highest BCUT2D eigenvalue weighted by molar-refractivity contribution is 5.97. The summed E-state index contributed by atoms with van der Waals surface area (Å²) in [5.74, 6) is 0.0550. The first kappa shape index (κ1) is 13.0. The molecular weight excluding hydrogens is 231 g/mol. The van der Waals surface area contributed by atoms with Gasteiger partial charge in [-0.25, -0.2) is 4.39 Å². The van der Waals surface area contributed by atoms with E-state index in [0.717, 1.165) is 13.0 Å². The molecule has 1 fully saturated rings. The molecule has 0 radical (unpaired) electrons. The van der Waals surface area contributed by atoms with E-state index in [4.69, 9.17) is 0 Å². The molecule has 0 aromatic heterocycles. The predicted octanol–water partition coefficient (Wildman–Crippen LogP) is 2.18. The van der Waals surface area contributed by atoms with Gasteiger partial charge < -0.3 is 10.2 Å². The van der Waals surface area contributed by atoms with Gasteiger partial charge >= 0.3 is 0 Å². The molecule has 1 saturated heterocycles. The first-order valence-electron chi connectivity index (χ1n) is 6.43. The molecule has 0 aliphatic carbocycles. The Hall–Kier alpha value is -1.42. The number of amides is 1. The number of anilines is 1. The highest BCUT2D eigenvalue weighted by atomic mass is 19.1. The van der Waals surface area contributed by atoms with Crippen molar-refractivity contribution in [1.29, 1.82) is 0 Å². The van der Waals surface area contributed by atoms with Crippen molar-refractivity contribution in [3.63, 3.8) is 0 Å². The number of nitrogens with zero attached hydrogens (tertiary/aromatic N) is 1. The second kappa shape index (κ2) is 5.48. The second-order valence-electron chi connectivity index (χ2n) is 4.76. The molecular formula is C14H19FN2O. The zero-order valence-corrected chi connectivity index (χ0v) is 10.8. The zero-order valence-electron chi connectivity index (χ0n) is 10.8. The Balaban J connectivity index is 2.20. The Morgan fingerprint density at radius 3 is 2.89 bits per heavy atom. The van der Waals surface area contributed by atoms with Crippen molar-refractivity contribution in [3.05, 3.63) is 30.1 Å². The van der Waals surface area contributed by atoms with Crippen molar-refractivity contribution in [2.45, 2.75) is 26.3 Å². The quantitative estimate of drug-likeness (QED) is 0.891. The fourth-order valence-corrected chi connectivity index (χ4v) is 2.44. The number of hydrogen-bond donors (Lipinski definition) is 1. The largest absolute Gasteiger partial charge is 0.311 e. The number of hydrogen-bond acceptors (Lipinski definition) is 2. The smallest absolute Gasteiger partial charge is 0.244 e. The average Bonchev–Trinajstić information content (AvgIpc) is 2.76. The van der Waals surface area contributed by atoms with Crippen molar-refractivity contribution >= 4 is 11.6 Å². The Labute approximate surface area is 107 Å². The summed E-state index contributed by atoms with van der Waals surface area (Å²) in [6, 6.07) is 6.04. The molecule has 1 aromatic rings. The van der Waals surface area contributed by atoms with Gasteiger partial charge in [0.1, 0.15) is 5.82 Å². The number of halogens is 1. The molecule has 0 bridgehead atoms. The molecule has 2 atom stereocenters. The fourth-order valence-electron chi connectivity index (χ4n) is 2.44. The third-order valence-electron chi connectivity index (χ3n) is 3.50. The maximum Gasteiger partial charge on any atom is 0.244 e. The van der Waals surface area contributed by atoms with E-state index in [1.165, 1.54) is 12.1 Å². The van der Waals surface area contributed by atoms with Crippen LogP contribution < -0.4 is 10.2 Å². The molecule has 1 aliphatic rings. The van der Waals surface area contributed by atoms with Crippen molar-refractivity contribution in [2.24, 2.45) is 5.92 Å². The number of carbonyl (C=O) groups is 1. The molecule has 4 heteroatoms. The lowest BCUT2D eigenvalue weighted by atomic mass is 10.0. The minimum Gasteiger partial charge on any atom is -0.311 e. The van der Waals surface area contributed by atoms with E-state index in [-0.39, 0.29) is 17.8 Å². The Morgan fingerprint density at radius 2 is 2.33 bits per heavy atom. The summed E-state index contributed by atoms with van der Waals surface area (Å²) >= 11 is 0. The number of benzene rings is 1. The van der Waals surface area contributed by atoms with E-state index in [9.17, 15) is 9.18 Å². The lowest BCUT2D eigenvalue weighted by Gasteiger charge is -2.26. The predicted molar refractivity (Wildman–Crippen MR) is 70.0 cm³/mol. The summed E-state index contributed by atoms with van der Waals surface area (Å²) in [7, 11) is 0. The van der Waals surface area contributed by atoms with Crippen molar-refractivity contribution < 1.29 is 9.18 Å². The van der Waals surface area contributed by atoms with Gasteiger partial charge in [0.05, 0.1) is 6.04 Å². The molecule has 98 valence electrons. The summed E-state index contributed by atoms with van der Waals surface area (Å²) in [6.07, 6.45) is 1.01. The van der Waals surface area contributed by atoms with Gasteiger partial charge in [0.15, 0.2) is 0 Å². The molecule has 1 aromatic carbocycles.